The normalized spacial score (nSPS) is 11.6. The molecule has 0 saturated carbocycles. The van der Waals surface area contributed by atoms with E-state index >= 15 is 0 Å². The van der Waals surface area contributed by atoms with Crippen molar-refractivity contribution in [3.8, 4) is 0 Å². The van der Waals surface area contributed by atoms with Crippen LogP contribution < -0.4 is 5.32 Å². The predicted molar refractivity (Wildman–Crippen MR) is 106 cm³/mol. The first-order valence-electron chi connectivity index (χ1n) is 9.09. The first-order chi connectivity index (χ1) is 13.0. The van der Waals surface area contributed by atoms with Gasteiger partial charge in [0.1, 0.15) is 0 Å². The van der Waals surface area contributed by atoms with Crippen molar-refractivity contribution >= 4 is 33.7 Å². The Bertz CT molecular complexity index is 1150. The molecule has 1 amide bonds. The molecule has 7 nitrogen and oxygen atoms in total. The van der Waals surface area contributed by atoms with Gasteiger partial charge < -0.3 is 9.88 Å². The van der Waals surface area contributed by atoms with E-state index in [9.17, 15) is 4.79 Å². The molecule has 0 unspecified atom stereocenters. The molecular weight excluding hydrogens is 340 g/mol. The lowest BCUT2D eigenvalue weighted by Gasteiger charge is -2.10. The van der Waals surface area contributed by atoms with Gasteiger partial charge in [0.15, 0.2) is 5.65 Å². The van der Waals surface area contributed by atoms with Crippen LogP contribution in [0, 0.1) is 6.92 Å². The number of aryl methyl sites for hydroxylation is 2. The topological polar surface area (TPSA) is 77.6 Å². The summed E-state index contributed by atoms with van der Waals surface area (Å²) in [5.74, 6) is -0.178. The summed E-state index contributed by atoms with van der Waals surface area (Å²) < 4.78 is 3.90. The Labute approximate surface area is 157 Å². The molecular formula is C20H22N6O. The average molecular weight is 362 g/mol. The van der Waals surface area contributed by atoms with E-state index < -0.39 is 0 Å². The number of imidazole rings is 1. The molecule has 27 heavy (non-hydrogen) atoms. The van der Waals surface area contributed by atoms with Crippen LogP contribution in [0.15, 0.2) is 36.8 Å². The van der Waals surface area contributed by atoms with E-state index in [0.29, 0.717) is 11.3 Å². The van der Waals surface area contributed by atoms with Gasteiger partial charge in [-0.25, -0.2) is 14.6 Å². The fourth-order valence-corrected chi connectivity index (χ4v) is 3.30. The molecule has 0 bridgehead atoms. The zero-order chi connectivity index (χ0) is 19.1. The van der Waals surface area contributed by atoms with Crippen LogP contribution in [0.3, 0.4) is 0 Å². The monoisotopic (exact) mass is 362 g/mol. The van der Waals surface area contributed by atoms with Crippen molar-refractivity contribution in [2.75, 3.05) is 5.32 Å². The number of pyridine rings is 1. The maximum atomic E-state index is 13.0. The van der Waals surface area contributed by atoms with Crippen LogP contribution in [0.2, 0.25) is 0 Å². The number of hydrogen-bond donors (Lipinski definition) is 1. The molecule has 0 aliphatic carbocycles. The van der Waals surface area contributed by atoms with Gasteiger partial charge in [0, 0.05) is 24.0 Å². The van der Waals surface area contributed by atoms with Crippen LogP contribution in [0.25, 0.3) is 22.1 Å². The summed E-state index contributed by atoms with van der Waals surface area (Å²) in [7, 11) is 0. The summed E-state index contributed by atoms with van der Waals surface area (Å²) in [6, 6.07) is 7.74. The molecule has 0 saturated heterocycles. The molecule has 138 valence electrons. The average Bonchev–Trinajstić information content (AvgIpc) is 3.24. The summed E-state index contributed by atoms with van der Waals surface area (Å²) in [4.78, 5) is 21.9. The molecule has 1 aromatic carbocycles. The number of benzene rings is 1. The molecule has 3 aromatic heterocycles. The molecule has 4 rings (SSSR count). The minimum absolute atomic E-state index is 0.170. The van der Waals surface area contributed by atoms with E-state index in [1.165, 1.54) is 0 Å². The predicted octanol–water partition coefficient (Wildman–Crippen LogP) is 3.94. The van der Waals surface area contributed by atoms with Gasteiger partial charge in [0.2, 0.25) is 0 Å². The van der Waals surface area contributed by atoms with Gasteiger partial charge in [0.25, 0.3) is 5.91 Å². The molecule has 3 heterocycles. The molecule has 4 aromatic rings. The molecule has 0 spiro atoms. The minimum Gasteiger partial charge on any atom is -0.331 e. The Morgan fingerprint density at radius 3 is 2.81 bits per heavy atom. The van der Waals surface area contributed by atoms with Crippen molar-refractivity contribution in [1.29, 1.82) is 0 Å². The second-order valence-electron chi connectivity index (χ2n) is 6.92. The number of nitrogens with one attached hydrogen (secondary N) is 1. The van der Waals surface area contributed by atoms with E-state index in [2.05, 4.69) is 31.9 Å². The highest BCUT2D eigenvalue weighted by Gasteiger charge is 2.17. The molecule has 0 aliphatic rings. The van der Waals surface area contributed by atoms with Crippen molar-refractivity contribution in [3.05, 3.63) is 48.0 Å². The van der Waals surface area contributed by atoms with Crippen LogP contribution in [-0.4, -0.2) is 30.2 Å². The summed E-state index contributed by atoms with van der Waals surface area (Å²) >= 11 is 0. The lowest BCUT2D eigenvalue weighted by molar-refractivity contribution is 0.102. The van der Waals surface area contributed by atoms with Gasteiger partial charge in [-0.1, -0.05) is 0 Å². The second-order valence-corrected chi connectivity index (χ2v) is 6.92. The number of carbonyl (C=O) groups is 1. The van der Waals surface area contributed by atoms with E-state index in [4.69, 9.17) is 0 Å². The van der Waals surface area contributed by atoms with E-state index in [0.717, 1.165) is 34.3 Å². The van der Waals surface area contributed by atoms with Crippen molar-refractivity contribution in [2.24, 2.45) is 0 Å². The highest BCUT2D eigenvalue weighted by molar-refractivity contribution is 6.12. The van der Waals surface area contributed by atoms with Crippen molar-refractivity contribution in [1.82, 2.24) is 24.3 Å². The number of carbonyl (C=O) groups excluding carboxylic acids is 1. The van der Waals surface area contributed by atoms with Gasteiger partial charge in [-0.3, -0.25) is 4.79 Å². The zero-order valence-corrected chi connectivity index (χ0v) is 15.9. The van der Waals surface area contributed by atoms with Crippen LogP contribution in [0.1, 0.15) is 42.9 Å². The molecule has 0 radical (unpaired) electrons. The third-order valence-corrected chi connectivity index (χ3v) is 4.65. The first kappa shape index (κ1) is 17.2. The fraction of sp³-hybridized carbons (Fsp3) is 0.300. The summed E-state index contributed by atoms with van der Waals surface area (Å²) in [5, 5.41) is 8.14. The molecule has 0 aliphatic heterocycles. The summed E-state index contributed by atoms with van der Waals surface area (Å²) in [5.41, 5.74) is 4.71. The molecule has 0 fully saturated rings. The van der Waals surface area contributed by atoms with Crippen LogP contribution in [-0.2, 0) is 6.54 Å². The summed E-state index contributed by atoms with van der Waals surface area (Å²) in [6.45, 7) is 8.90. The van der Waals surface area contributed by atoms with E-state index in [1.54, 1.807) is 12.3 Å². The first-order valence-corrected chi connectivity index (χ1v) is 9.09. The number of fused-ring (bicyclic) bond motifs is 2. The highest BCUT2D eigenvalue weighted by Crippen LogP contribution is 2.23. The van der Waals surface area contributed by atoms with Crippen molar-refractivity contribution < 1.29 is 4.79 Å². The van der Waals surface area contributed by atoms with Gasteiger partial charge in [-0.2, -0.15) is 5.10 Å². The SMILES string of the molecule is CCn1cnc2cc(NC(=O)c3cc(C)nc4c3cnn4C(C)C)ccc21. The number of rotatable bonds is 4. The van der Waals surface area contributed by atoms with Gasteiger partial charge in [-0.05, 0) is 52.0 Å². The van der Waals surface area contributed by atoms with Crippen molar-refractivity contribution in [3.63, 3.8) is 0 Å². The molecule has 0 atom stereocenters. The van der Waals surface area contributed by atoms with Gasteiger partial charge in [-0.15, -0.1) is 0 Å². The second kappa shape index (κ2) is 6.50. The van der Waals surface area contributed by atoms with E-state index in [1.807, 2.05) is 50.0 Å². The largest absolute Gasteiger partial charge is 0.331 e. The standard InChI is InChI=1S/C20H22N6O/c1-5-25-11-21-17-9-14(6-7-18(17)25)24-20(27)15-8-13(4)23-19-16(15)10-22-26(19)12(2)3/h6-12H,5H2,1-4H3,(H,24,27). The fourth-order valence-electron chi connectivity index (χ4n) is 3.30. The van der Waals surface area contributed by atoms with Crippen LogP contribution in [0.4, 0.5) is 5.69 Å². The van der Waals surface area contributed by atoms with Gasteiger partial charge in [0.05, 0.1) is 34.5 Å². The van der Waals surface area contributed by atoms with E-state index in [-0.39, 0.29) is 11.9 Å². The lowest BCUT2D eigenvalue weighted by atomic mass is 10.1. The Hall–Kier alpha value is -3.22. The smallest absolute Gasteiger partial charge is 0.256 e. The Morgan fingerprint density at radius 1 is 1.26 bits per heavy atom. The van der Waals surface area contributed by atoms with Crippen LogP contribution >= 0.6 is 0 Å². The number of nitrogens with zero attached hydrogens (tertiary/aromatic N) is 5. The number of anilines is 1. The maximum absolute atomic E-state index is 13.0. The highest BCUT2D eigenvalue weighted by atomic mass is 16.1. The number of amides is 1. The third-order valence-electron chi connectivity index (χ3n) is 4.65. The van der Waals surface area contributed by atoms with Crippen molar-refractivity contribution in [2.45, 2.75) is 40.3 Å². The van der Waals surface area contributed by atoms with Gasteiger partial charge >= 0.3 is 0 Å². The van der Waals surface area contributed by atoms with Crippen LogP contribution in [0.5, 0.6) is 0 Å². The summed E-state index contributed by atoms with van der Waals surface area (Å²) in [6.07, 6.45) is 3.52. The Balaban J connectivity index is 1.71. The molecule has 7 heteroatoms. The quantitative estimate of drug-likeness (QED) is 0.596. The molecule has 1 N–H and O–H groups in total. The number of hydrogen-bond acceptors (Lipinski definition) is 4. The number of aromatic nitrogens is 5. The lowest BCUT2D eigenvalue weighted by Crippen LogP contribution is -2.13. The Morgan fingerprint density at radius 2 is 2.07 bits per heavy atom. The zero-order valence-electron chi connectivity index (χ0n) is 15.9. The Kier molecular flexibility index (Phi) is 4.14. The third kappa shape index (κ3) is 2.95. The maximum Gasteiger partial charge on any atom is 0.256 e. The minimum atomic E-state index is -0.178.